The molecule has 1 fully saturated rings. The summed E-state index contributed by atoms with van der Waals surface area (Å²) >= 11 is 5.88. The summed E-state index contributed by atoms with van der Waals surface area (Å²) in [5.41, 5.74) is 0.441. The molecule has 1 saturated heterocycles. The Balaban J connectivity index is 2.07. The Bertz CT molecular complexity index is 957. The van der Waals surface area contributed by atoms with Gasteiger partial charge in [-0.2, -0.15) is 0 Å². The van der Waals surface area contributed by atoms with Crippen molar-refractivity contribution < 1.29 is 18.8 Å². The van der Waals surface area contributed by atoms with E-state index in [2.05, 4.69) is 41.6 Å². The monoisotopic (exact) mass is 524 g/mol. The molecule has 0 aliphatic carbocycles. The van der Waals surface area contributed by atoms with E-state index >= 15 is 0 Å². The standard InChI is InChI=1S/C27H42ClFN4O3/c1-16(13-30-25(36)23(32-17(2)34)12-26(3,4)5)31-24(35)20-15-33(27(6,7)8)14-19(20)18-9-10-21(28)22(29)11-18/h9-11,16,19-20,23H,12-15H2,1-8H3,(H,30,36)(H,31,35)(H,32,34)/t16-,19-,20?,23-/m0/s1. The third kappa shape index (κ3) is 8.73. The molecule has 4 atom stereocenters. The van der Waals surface area contributed by atoms with E-state index < -0.39 is 11.9 Å². The lowest BCUT2D eigenvalue weighted by atomic mass is 9.87. The molecule has 0 saturated carbocycles. The second kappa shape index (κ2) is 11.9. The molecule has 1 aliphatic rings. The van der Waals surface area contributed by atoms with Gasteiger partial charge in [0.15, 0.2) is 0 Å². The zero-order valence-electron chi connectivity index (χ0n) is 22.8. The lowest BCUT2D eigenvalue weighted by molar-refractivity contribution is -0.129. The number of benzene rings is 1. The van der Waals surface area contributed by atoms with E-state index in [0.717, 1.165) is 5.56 Å². The highest BCUT2D eigenvalue weighted by Crippen LogP contribution is 2.37. The van der Waals surface area contributed by atoms with Crippen molar-refractivity contribution in [2.75, 3.05) is 19.6 Å². The smallest absolute Gasteiger partial charge is 0.242 e. The van der Waals surface area contributed by atoms with Gasteiger partial charge in [0.2, 0.25) is 17.7 Å². The van der Waals surface area contributed by atoms with Crippen molar-refractivity contribution in [3.05, 3.63) is 34.6 Å². The van der Waals surface area contributed by atoms with Gasteiger partial charge < -0.3 is 16.0 Å². The van der Waals surface area contributed by atoms with E-state index in [1.807, 2.05) is 27.7 Å². The van der Waals surface area contributed by atoms with Crippen molar-refractivity contribution in [2.45, 2.75) is 85.4 Å². The first kappa shape index (κ1) is 30.0. The summed E-state index contributed by atoms with van der Waals surface area (Å²) < 4.78 is 14.2. The number of hydrogen-bond donors (Lipinski definition) is 3. The summed E-state index contributed by atoms with van der Waals surface area (Å²) in [4.78, 5) is 39.9. The number of hydrogen-bond acceptors (Lipinski definition) is 4. The van der Waals surface area contributed by atoms with Gasteiger partial charge in [0.25, 0.3) is 0 Å². The van der Waals surface area contributed by atoms with E-state index in [-0.39, 0.29) is 58.1 Å². The molecule has 9 heteroatoms. The predicted octanol–water partition coefficient (Wildman–Crippen LogP) is 3.85. The van der Waals surface area contributed by atoms with Crippen LogP contribution in [0.3, 0.4) is 0 Å². The van der Waals surface area contributed by atoms with E-state index in [0.29, 0.717) is 19.5 Å². The molecular formula is C27H42ClFN4O3. The van der Waals surface area contributed by atoms with Crippen molar-refractivity contribution in [3.8, 4) is 0 Å². The van der Waals surface area contributed by atoms with E-state index in [1.54, 1.807) is 6.07 Å². The zero-order valence-corrected chi connectivity index (χ0v) is 23.6. The van der Waals surface area contributed by atoms with Gasteiger partial charge in [-0.1, -0.05) is 38.4 Å². The molecule has 0 radical (unpaired) electrons. The van der Waals surface area contributed by atoms with Crippen LogP contribution in [0, 0.1) is 17.2 Å². The number of nitrogens with zero attached hydrogens (tertiary/aromatic N) is 1. The number of halogens is 2. The summed E-state index contributed by atoms with van der Waals surface area (Å²) in [6.45, 7) is 16.9. The van der Waals surface area contributed by atoms with Gasteiger partial charge in [-0.15, -0.1) is 0 Å². The summed E-state index contributed by atoms with van der Waals surface area (Å²) in [7, 11) is 0. The minimum absolute atomic E-state index is 0.0545. The molecule has 7 nitrogen and oxygen atoms in total. The van der Waals surface area contributed by atoms with Crippen molar-refractivity contribution in [2.24, 2.45) is 11.3 Å². The van der Waals surface area contributed by atoms with Crippen molar-refractivity contribution in [1.29, 1.82) is 0 Å². The zero-order chi connectivity index (χ0) is 27.4. The first-order valence-electron chi connectivity index (χ1n) is 12.5. The second-order valence-corrected chi connectivity index (χ2v) is 12.5. The second-order valence-electron chi connectivity index (χ2n) is 12.1. The third-order valence-corrected chi connectivity index (χ3v) is 6.77. The number of amides is 3. The third-order valence-electron chi connectivity index (χ3n) is 6.46. The molecule has 1 aromatic rings. The summed E-state index contributed by atoms with van der Waals surface area (Å²) in [5.74, 6) is -1.75. The summed E-state index contributed by atoms with van der Waals surface area (Å²) in [6.07, 6.45) is 0.489. The Morgan fingerprint density at radius 2 is 1.75 bits per heavy atom. The van der Waals surface area contributed by atoms with Crippen LogP contribution in [-0.2, 0) is 14.4 Å². The normalized spacial score (nSPS) is 20.5. The molecule has 36 heavy (non-hydrogen) atoms. The highest BCUT2D eigenvalue weighted by molar-refractivity contribution is 6.30. The Hall–Kier alpha value is -2.19. The molecule has 1 heterocycles. The fraction of sp³-hybridized carbons (Fsp3) is 0.667. The van der Waals surface area contributed by atoms with Gasteiger partial charge in [0.1, 0.15) is 11.9 Å². The molecule has 3 N–H and O–H groups in total. The molecular weight excluding hydrogens is 483 g/mol. The molecule has 2 rings (SSSR count). The van der Waals surface area contributed by atoms with Crippen LogP contribution in [0.25, 0.3) is 0 Å². The maximum Gasteiger partial charge on any atom is 0.242 e. The molecule has 0 spiro atoms. The van der Waals surface area contributed by atoms with Crippen LogP contribution >= 0.6 is 11.6 Å². The van der Waals surface area contributed by atoms with Gasteiger partial charge in [0, 0.05) is 44.1 Å². The van der Waals surface area contributed by atoms with Gasteiger partial charge in [0.05, 0.1) is 10.9 Å². The van der Waals surface area contributed by atoms with E-state index in [4.69, 9.17) is 11.6 Å². The quantitative estimate of drug-likeness (QED) is 0.481. The van der Waals surface area contributed by atoms with E-state index in [9.17, 15) is 18.8 Å². The number of likely N-dealkylation sites (tertiary alicyclic amines) is 1. The number of nitrogens with one attached hydrogen (secondary N) is 3. The minimum atomic E-state index is -0.648. The van der Waals surface area contributed by atoms with Crippen LogP contribution in [0.4, 0.5) is 4.39 Å². The average molecular weight is 525 g/mol. The SMILES string of the molecule is CC(=O)N[C@@H](CC(C)(C)C)C(=O)NC[C@H](C)NC(=O)C1CN(C(C)(C)C)C[C@H]1c1ccc(Cl)c(F)c1. The van der Waals surface area contributed by atoms with Crippen LogP contribution in [0.15, 0.2) is 18.2 Å². The van der Waals surface area contributed by atoms with Crippen molar-refractivity contribution in [3.63, 3.8) is 0 Å². The van der Waals surface area contributed by atoms with Crippen molar-refractivity contribution in [1.82, 2.24) is 20.9 Å². The molecule has 1 aliphatic heterocycles. The Morgan fingerprint density at radius 3 is 2.28 bits per heavy atom. The van der Waals surface area contributed by atoms with Crippen LogP contribution in [-0.4, -0.2) is 59.9 Å². The lowest BCUT2D eigenvalue weighted by Crippen LogP contribution is -2.51. The van der Waals surface area contributed by atoms with Gasteiger partial charge in [-0.05, 0) is 57.2 Å². The highest BCUT2D eigenvalue weighted by Gasteiger charge is 2.42. The molecule has 3 amide bonds. The summed E-state index contributed by atoms with van der Waals surface area (Å²) in [5, 5.41) is 8.64. The largest absolute Gasteiger partial charge is 0.352 e. The number of rotatable bonds is 8. The van der Waals surface area contributed by atoms with Gasteiger partial charge in [-0.25, -0.2) is 4.39 Å². The molecule has 1 aromatic carbocycles. The first-order chi connectivity index (χ1) is 16.5. The Morgan fingerprint density at radius 1 is 1.11 bits per heavy atom. The molecule has 0 bridgehead atoms. The van der Waals surface area contributed by atoms with Crippen LogP contribution in [0.1, 0.15) is 73.3 Å². The van der Waals surface area contributed by atoms with Crippen LogP contribution in [0.5, 0.6) is 0 Å². The average Bonchev–Trinajstić information content (AvgIpc) is 3.18. The van der Waals surface area contributed by atoms with E-state index in [1.165, 1.54) is 19.1 Å². The van der Waals surface area contributed by atoms with Crippen molar-refractivity contribution >= 4 is 29.3 Å². The van der Waals surface area contributed by atoms with Crippen LogP contribution < -0.4 is 16.0 Å². The Kier molecular flexibility index (Phi) is 9.93. The molecule has 1 unspecified atom stereocenters. The predicted molar refractivity (Wildman–Crippen MR) is 141 cm³/mol. The topological polar surface area (TPSA) is 90.5 Å². The molecule has 202 valence electrons. The number of carbonyl (C=O) groups excluding carboxylic acids is 3. The Labute approximate surface area is 219 Å². The number of carbonyl (C=O) groups is 3. The minimum Gasteiger partial charge on any atom is -0.352 e. The highest BCUT2D eigenvalue weighted by atomic mass is 35.5. The van der Waals surface area contributed by atoms with Gasteiger partial charge in [-0.3, -0.25) is 19.3 Å². The fourth-order valence-corrected chi connectivity index (χ4v) is 4.66. The maximum atomic E-state index is 14.2. The van der Waals surface area contributed by atoms with Crippen LogP contribution in [0.2, 0.25) is 5.02 Å². The summed E-state index contributed by atoms with van der Waals surface area (Å²) in [6, 6.07) is 3.75. The first-order valence-corrected chi connectivity index (χ1v) is 12.9. The van der Waals surface area contributed by atoms with Gasteiger partial charge >= 0.3 is 0 Å². The maximum absolute atomic E-state index is 14.2. The fourth-order valence-electron chi connectivity index (χ4n) is 4.54. The molecule has 0 aromatic heterocycles. The lowest BCUT2D eigenvalue weighted by Gasteiger charge is -2.31.